The summed E-state index contributed by atoms with van der Waals surface area (Å²) >= 11 is 0. The van der Waals surface area contributed by atoms with E-state index < -0.39 is 0 Å². The minimum atomic E-state index is -0.0621. The van der Waals surface area contributed by atoms with Gasteiger partial charge >= 0.3 is 0 Å². The zero-order valence-corrected chi connectivity index (χ0v) is 12.7. The van der Waals surface area contributed by atoms with Crippen molar-refractivity contribution in [2.24, 2.45) is 0 Å². The van der Waals surface area contributed by atoms with Crippen LogP contribution in [0.5, 0.6) is 0 Å². The van der Waals surface area contributed by atoms with Gasteiger partial charge in [-0.3, -0.25) is 9.69 Å². The molecule has 6 nitrogen and oxygen atoms in total. The van der Waals surface area contributed by atoms with E-state index in [0.717, 1.165) is 11.5 Å². The van der Waals surface area contributed by atoms with E-state index in [2.05, 4.69) is 10.5 Å². The van der Waals surface area contributed by atoms with E-state index in [0.29, 0.717) is 30.8 Å². The Balaban J connectivity index is 1.75. The van der Waals surface area contributed by atoms with Gasteiger partial charge in [-0.05, 0) is 38.2 Å². The predicted octanol–water partition coefficient (Wildman–Crippen LogP) is 2.32. The molecule has 0 aliphatic carbocycles. The minimum absolute atomic E-state index is 0.0621. The highest BCUT2D eigenvalue weighted by molar-refractivity contribution is 5.90. The molecule has 1 amide bonds. The van der Waals surface area contributed by atoms with Gasteiger partial charge in [0.05, 0.1) is 17.3 Å². The van der Waals surface area contributed by atoms with Crippen LogP contribution in [0.25, 0.3) is 0 Å². The first-order valence-electron chi connectivity index (χ1n) is 6.97. The van der Waals surface area contributed by atoms with Gasteiger partial charge in [-0.1, -0.05) is 5.16 Å². The summed E-state index contributed by atoms with van der Waals surface area (Å²) in [4.78, 5) is 13.9. The first-order chi connectivity index (χ1) is 10.6. The average Bonchev–Trinajstić information content (AvgIpc) is 2.91. The average molecular weight is 298 g/mol. The molecule has 0 fully saturated rings. The zero-order valence-electron chi connectivity index (χ0n) is 12.7. The Morgan fingerprint density at radius 3 is 2.73 bits per heavy atom. The predicted molar refractivity (Wildman–Crippen MR) is 82.0 cm³/mol. The van der Waals surface area contributed by atoms with Crippen LogP contribution in [0.15, 0.2) is 34.9 Å². The molecule has 1 aromatic heterocycles. The highest BCUT2D eigenvalue weighted by atomic mass is 16.5. The highest BCUT2D eigenvalue weighted by Gasteiger charge is 2.08. The number of hydrogen-bond donors (Lipinski definition) is 1. The third-order valence-corrected chi connectivity index (χ3v) is 3.13. The van der Waals surface area contributed by atoms with E-state index in [1.807, 2.05) is 31.0 Å². The maximum atomic E-state index is 11.9. The molecule has 1 heterocycles. The van der Waals surface area contributed by atoms with Gasteiger partial charge in [0.25, 0.3) is 0 Å². The Morgan fingerprint density at radius 1 is 1.41 bits per heavy atom. The van der Waals surface area contributed by atoms with Crippen molar-refractivity contribution >= 4 is 11.6 Å². The van der Waals surface area contributed by atoms with E-state index in [-0.39, 0.29) is 5.91 Å². The Bertz CT molecular complexity index is 670. The number of carbonyl (C=O) groups excluding carboxylic acids is 1. The summed E-state index contributed by atoms with van der Waals surface area (Å²) in [5, 5.41) is 15.5. The third-order valence-electron chi connectivity index (χ3n) is 3.13. The standard InChI is InChI=1S/C16H18N4O2/c1-12-9-15(19-22-12)11-20(2)8-7-16(21)18-14-5-3-13(10-17)4-6-14/h3-6,9H,7-8,11H2,1-2H3,(H,18,21). The lowest BCUT2D eigenvalue weighted by Crippen LogP contribution is -2.24. The van der Waals surface area contributed by atoms with Gasteiger partial charge in [-0.25, -0.2) is 0 Å². The first-order valence-corrected chi connectivity index (χ1v) is 6.97. The largest absolute Gasteiger partial charge is 0.361 e. The third kappa shape index (κ3) is 4.72. The fraction of sp³-hybridized carbons (Fsp3) is 0.312. The van der Waals surface area contributed by atoms with Crippen LogP contribution < -0.4 is 5.32 Å². The molecule has 1 aromatic carbocycles. The molecule has 0 aliphatic heterocycles. The molecule has 0 atom stereocenters. The van der Waals surface area contributed by atoms with Crippen molar-refractivity contribution < 1.29 is 9.32 Å². The number of benzene rings is 1. The second kappa shape index (κ2) is 7.38. The topological polar surface area (TPSA) is 82.2 Å². The van der Waals surface area contributed by atoms with Gasteiger partial charge in [0.15, 0.2) is 0 Å². The van der Waals surface area contributed by atoms with Crippen molar-refractivity contribution in [2.75, 3.05) is 18.9 Å². The van der Waals surface area contributed by atoms with E-state index in [4.69, 9.17) is 9.78 Å². The summed E-state index contributed by atoms with van der Waals surface area (Å²) in [5.41, 5.74) is 2.12. The Kier molecular flexibility index (Phi) is 5.28. The van der Waals surface area contributed by atoms with Gasteiger partial charge in [-0.15, -0.1) is 0 Å². The molecule has 0 saturated heterocycles. The van der Waals surface area contributed by atoms with Crippen LogP contribution in [-0.2, 0) is 11.3 Å². The minimum Gasteiger partial charge on any atom is -0.361 e. The fourth-order valence-corrected chi connectivity index (χ4v) is 1.99. The number of rotatable bonds is 6. The molecule has 22 heavy (non-hydrogen) atoms. The molecule has 0 saturated carbocycles. The van der Waals surface area contributed by atoms with Crippen molar-refractivity contribution in [1.29, 1.82) is 5.26 Å². The molecule has 0 unspecified atom stereocenters. The summed E-state index contributed by atoms with van der Waals surface area (Å²) in [5.74, 6) is 0.717. The second-order valence-corrected chi connectivity index (χ2v) is 5.15. The number of carbonyl (C=O) groups is 1. The number of aryl methyl sites for hydroxylation is 1. The lowest BCUT2D eigenvalue weighted by Gasteiger charge is -2.14. The molecular formula is C16H18N4O2. The molecule has 0 bridgehead atoms. The summed E-state index contributed by atoms with van der Waals surface area (Å²) in [6.45, 7) is 3.11. The fourth-order valence-electron chi connectivity index (χ4n) is 1.99. The van der Waals surface area contributed by atoms with Gasteiger partial charge in [-0.2, -0.15) is 5.26 Å². The molecule has 2 aromatic rings. The van der Waals surface area contributed by atoms with Crippen LogP contribution in [0.1, 0.15) is 23.4 Å². The smallest absolute Gasteiger partial charge is 0.225 e. The SMILES string of the molecule is Cc1cc(CN(C)CCC(=O)Nc2ccc(C#N)cc2)no1. The van der Waals surface area contributed by atoms with Crippen LogP contribution in [-0.4, -0.2) is 29.6 Å². The molecule has 2 rings (SSSR count). The lowest BCUT2D eigenvalue weighted by atomic mass is 10.2. The maximum absolute atomic E-state index is 11.9. The van der Waals surface area contributed by atoms with Crippen LogP contribution in [0, 0.1) is 18.3 Å². The molecule has 6 heteroatoms. The first kappa shape index (κ1) is 15.7. The summed E-state index contributed by atoms with van der Waals surface area (Å²) in [7, 11) is 1.93. The number of amides is 1. The van der Waals surface area contributed by atoms with Crippen molar-refractivity contribution in [3.63, 3.8) is 0 Å². The van der Waals surface area contributed by atoms with Gasteiger partial charge < -0.3 is 9.84 Å². The van der Waals surface area contributed by atoms with Crippen LogP contribution in [0.2, 0.25) is 0 Å². The molecule has 0 radical (unpaired) electrons. The van der Waals surface area contributed by atoms with Gasteiger partial charge in [0.1, 0.15) is 5.76 Å². The Hall–Kier alpha value is -2.65. The highest BCUT2D eigenvalue weighted by Crippen LogP contribution is 2.09. The molecule has 114 valence electrons. The van der Waals surface area contributed by atoms with Crippen molar-refractivity contribution in [2.45, 2.75) is 19.9 Å². The van der Waals surface area contributed by atoms with E-state index in [1.54, 1.807) is 24.3 Å². The molecular weight excluding hydrogens is 280 g/mol. The maximum Gasteiger partial charge on any atom is 0.225 e. The summed E-state index contributed by atoms with van der Waals surface area (Å²) in [6.07, 6.45) is 0.382. The zero-order chi connectivity index (χ0) is 15.9. The number of hydrogen-bond acceptors (Lipinski definition) is 5. The van der Waals surface area contributed by atoms with E-state index in [9.17, 15) is 4.79 Å². The number of nitriles is 1. The normalized spacial score (nSPS) is 10.5. The number of anilines is 1. The summed E-state index contributed by atoms with van der Waals surface area (Å²) in [6, 6.07) is 10.7. The van der Waals surface area contributed by atoms with E-state index >= 15 is 0 Å². The molecule has 1 N–H and O–H groups in total. The van der Waals surface area contributed by atoms with Gasteiger partial charge in [0, 0.05) is 31.3 Å². The monoisotopic (exact) mass is 298 g/mol. The quantitative estimate of drug-likeness (QED) is 0.885. The second-order valence-electron chi connectivity index (χ2n) is 5.15. The summed E-state index contributed by atoms with van der Waals surface area (Å²) < 4.78 is 5.01. The van der Waals surface area contributed by atoms with E-state index in [1.165, 1.54) is 0 Å². The van der Waals surface area contributed by atoms with Crippen molar-refractivity contribution in [3.05, 3.63) is 47.3 Å². The van der Waals surface area contributed by atoms with Crippen molar-refractivity contribution in [1.82, 2.24) is 10.1 Å². The lowest BCUT2D eigenvalue weighted by molar-refractivity contribution is -0.116. The Labute approximate surface area is 129 Å². The number of nitrogens with one attached hydrogen (secondary N) is 1. The van der Waals surface area contributed by atoms with Crippen LogP contribution in [0.4, 0.5) is 5.69 Å². The number of aromatic nitrogens is 1. The van der Waals surface area contributed by atoms with Crippen LogP contribution >= 0.6 is 0 Å². The van der Waals surface area contributed by atoms with Gasteiger partial charge in [0.2, 0.25) is 5.91 Å². The van der Waals surface area contributed by atoms with Crippen molar-refractivity contribution in [3.8, 4) is 6.07 Å². The van der Waals surface area contributed by atoms with Crippen LogP contribution in [0.3, 0.4) is 0 Å². The molecule has 0 spiro atoms. The number of nitrogens with zero attached hydrogens (tertiary/aromatic N) is 3. The molecule has 0 aliphatic rings. The Morgan fingerprint density at radius 2 is 2.14 bits per heavy atom.